The highest BCUT2D eigenvalue weighted by molar-refractivity contribution is 8.05. The summed E-state index contributed by atoms with van der Waals surface area (Å²) in [4.78, 5) is 27.8. The van der Waals surface area contributed by atoms with Gasteiger partial charge in [-0.2, -0.15) is 5.26 Å². The molecule has 4 rings (SSSR count). The normalized spacial score (nSPS) is 16.8. The molecule has 5 nitrogen and oxygen atoms in total. The molecule has 1 saturated heterocycles. The lowest BCUT2D eigenvalue weighted by atomic mass is 10.1. The molecule has 170 valence electrons. The zero-order valence-corrected chi connectivity index (χ0v) is 19.7. The molecule has 1 aliphatic heterocycles. The van der Waals surface area contributed by atoms with Crippen LogP contribution in [-0.2, 0) is 16.0 Å². The minimum absolute atomic E-state index is 0.193. The average Bonchev–Trinajstić information content (AvgIpc) is 3.13. The largest absolute Gasteiger partial charge is 0.321 e. The van der Waals surface area contributed by atoms with Gasteiger partial charge in [0, 0.05) is 16.4 Å². The van der Waals surface area contributed by atoms with Gasteiger partial charge in [0.1, 0.15) is 22.5 Å². The number of carbonyl (C=O) groups excluding carboxylic acids is 2. The molecule has 34 heavy (non-hydrogen) atoms. The molecule has 1 heterocycles. The predicted octanol–water partition coefficient (Wildman–Crippen LogP) is 5.85. The van der Waals surface area contributed by atoms with Crippen LogP contribution in [0.4, 0.5) is 15.8 Å². The van der Waals surface area contributed by atoms with Crippen molar-refractivity contribution in [3.63, 3.8) is 0 Å². The number of amides is 2. The fraction of sp³-hybridized carbons (Fsp3) is 0.115. The number of hydrogen-bond donors (Lipinski definition) is 1. The van der Waals surface area contributed by atoms with Crippen LogP contribution in [0.5, 0.6) is 0 Å². The number of aryl methyl sites for hydroxylation is 1. The smallest absolute Gasteiger partial charge is 0.269 e. The Kier molecular flexibility index (Phi) is 7.01. The summed E-state index contributed by atoms with van der Waals surface area (Å²) in [5, 5.41) is 12.8. The molecule has 1 fully saturated rings. The van der Waals surface area contributed by atoms with E-state index in [-0.39, 0.29) is 16.5 Å². The van der Waals surface area contributed by atoms with Crippen LogP contribution < -0.4 is 10.2 Å². The van der Waals surface area contributed by atoms with E-state index in [1.165, 1.54) is 29.2 Å². The lowest BCUT2D eigenvalue weighted by Gasteiger charge is -2.18. The second-order valence-corrected chi connectivity index (χ2v) is 9.33. The third-order valence-corrected chi connectivity index (χ3v) is 6.75. The maximum absolute atomic E-state index is 13.5. The molecule has 1 atom stereocenters. The maximum atomic E-state index is 13.5. The molecule has 3 aromatic rings. The lowest BCUT2D eigenvalue weighted by molar-refractivity contribution is -0.117. The first-order valence-electron chi connectivity index (χ1n) is 10.4. The summed E-state index contributed by atoms with van der Waals surface area (Å²) in [6, 6.07) is 21.6. The fourth-order valence-electron chi connectivity index (χ4n) is 3.48. The standard InChI is InChI=1S/C26H19ClFN3O2S/c1-16-2-10-20(11-3-16)30-24(32)22(15-29)26-31(21-12-8-19(28)9-13-21)25(33)23(34-26)14-17-4-6-18(27)7-5-17/h2-13,23H,14H2,1H3,(H,30,32). The lowest BCUT2D eigenvalue weighted by Crippen LogP contribution is -2.30. The molecule has 2 amide bonds. The van der Waals surface area contributed by atoms with Gasteiger partial charge in [-0.25, -0.2) is 4.39 Å². The molecular weight excluding hydrogens is 473 g/mol. The quantitative estimate of drug-likeness (QED) is 0.359. The van der Waals surface area contributed by atoms with E-state index in [0.29, 0.717) is 22.8 Å². The van der Waals surface area contributed by atoms with Crippen LogP contribution in [0.3, 0.4) is 0 Å². The molecule has 0 saturated carbocycles. The minimum Gasteiger partial charge on any atom is -0.321 e. The van der Waals surface area contributed by atoms with Crippen molar-refractivity contribution in [3.05, 3.63) is 105 Å². The summed E-state index contributed by atoms with van der Waals surface area (Å²) in [6.45, 7) is 1.93. The number of halogens is 2. The SMILES string of the molecule is Cc1ccc(NC(=O)C(C#N)=C2SC(Cc3ccc(Cl)cc3)C(=O)N2c2ccc(F)cc2)cc1. The van der Waals surface area contributed by atoms with Crippen LogP contribution in [0, 0.1) is 24.1 Å². The van der Waals surface area contributed by atoms with E-state index in [9.17, 15) is 19.2 Å². The molecule has 1 aliphatic rings. The Morgan fingerprint density at radius 3 is 2.35 bits per heavy atom. The molecule has 0 aliphatic carbocycles. The third kappa shape index (κ3) is 5.14. The van der Waals surface area contributed by atoms with Gasteiger partial charge in [-0.15, -0.1) is 0 Å². The minimum atomic E-state index is -0.624. The van der Waals surface area contributed by atoms with Crippen molar-refractivity contribution in [2.24, 2.45) is 0 Å². The van der Waals surface area contributed by atoms with Gasteiger partial charge in [0.2, 0.25) is 5.91 Å². The van der Waals surface area contributed by atoms with E-state index in [2.05, 4.69) is 5.32 Å². The topological polar surface area (TPSA) is 73.2 Å². The van der Waals surface area contributed by atoms with Gasteiger partial charge in [0.25, 0.3) is 5.91 Å². The number of carbonyl (C=O) groups is 2. The highest BCUT2D eigenvalue weighted by atomic mass is 35.5. The Bertz CT molecular complexity index is 1300. The predicted molar refractivity (Wildman–Crippen MR) is 133 cm³/mol. The summed E-state index contributed by atoms with van der Waals surface area (Å²) in [7, 11) is 0. The first-order valence-corrected chi connectivity index (χ1v) is 11.6. The molecular formula is C26H19ClFN3O2S. The second-order valence-electron chi connectivity index (χ2n) is 7.70. The molecule has 0 radical (unpaired) electrons. The van der Waals surface area contributed by atoms with Crippen molar-refractivity contribution in [1.29, 1.82) is 5.26 Å². The van der Waals surface area contributed by atoms with E-state index in [4.69, 9.17) is 11.6 Å². The van der Waals surface area contributed by atoms with E-state index >= 15 is 0 Å². The molecule has 0 bridgehead atoms. The molecule has 8 heteroatoms. The molecule has 0 spiro atoms. The third-order valence-electron chi connectivity index (χ3n) is 5.23. The Hall–Kier alpha value is -3.60. The van der Waals surface area contributed by atoms with Crippen LogP contribution in [0.1, 0.15) is 11.1 Å². The van der Waals surface area contributed by atoms with Gasteiger partial charge in [-0.3, -0.25) is 14.5 Å². The highest BCUT2D eigenvalue weighted by Crippen LogP contribution is 2.42. The van der Waals surface area contributed by atoms with E-state index in [1.54, 1.807) is 24.3 Å². The summed E-state index contributed by atoms with van der Waals surface area (Å²) in [6.07, 6.45) is 0.375. The van der Waals surface area contributed by atoms with Gasteiger partial charge >= 0.3 is 0 Å². The maximum Gasteiger partial charge on any atom is 0.269 e. The highest BCUT2D eigenvalue weighted by Gasteiger charge is 2.40. The average molecular weight is 492 g/mol. The number of rotatable bonds is 5. The van der Waals surface area contributed by atoms with Crippen LogP contribution in [0.15, 0.2) is 83.4 Å². The number of thioether (sulfide) groups is 1. The van der Waals surface area contributed by atoms with E-state index < -0.39 is 17.0 Å². The Balaban J connectivity index is 1.71. The Morgan fingerprint density at radius 1 is 1.09 bits per heavy atom. The van der Waals surface area contributed by atoms with Gasteiger partial charge in [0.05, 0.1) is 5.25 Å². The Labute approximate surface area is 205 Å². The number of nitriles is 1. The summed E-state index contributed by atoms with van der Waals surface area (Å²) < 4.78 is 13.5. The second kappa shape index (κ2) is 10.1. The molecule has 1 unspecified atom stereocenters. The van der Waals surface area contributed by atoms with Gasteiger partial charge in [0.15, 0.2) is 0 Å². The van der Waals surface area contributed by atoms with Crippen LogP contribution in [0.2, 0.25) is 5.02 Å². The fourth-order valence-corrected chi connectivity index (χ4v) is 4.91. The van der Waals surface area contributed by atoms with Crippen LogP contribution in [-0.4, -0.2) is 17.1 Å². The first-order chi connectivity index (χ1) is 16.4. The molecule has 1 N–H and O–H groups in total. The van der Waals surface area contributed by atoms with Crippen molar-refractivity contribution in [2.75, 3.05) is 10.2 Å². The summed E-state index contributed by atoms with van der Waals surface area (Å²) in [5.41, 5.74) is 2.63. The first kappa shape index (κ1) is 23.6. The monoisotopic (exact) mass is 491 g/mol. The van der Waals surface area contributed by atoms with Crippen LogP contribution >= 0.6 is 23.4 Å². The van der Waals surface area contributed by atoms with E-state index in [1.807, 2.05) is 37.3 Å². The summed E-state index contributed by atoms with van der Waals surface area (Å²) >= 11 is 7.11. The van der Waals surface area contributed by atoms with Crippen molar-refractivity contribution in [1.82, 2.24) is 0 Å². The molecule has 3 aromatic carbocycles. The number of anilines is 2. The van der Waals surface area contributed by atoms with E-state index in [0.717, 1.165) is 22.9 Å². The van der Waals surface area contributed by atoms with Gasteiger partial charge < -0.3 is 5.32 Å². The number of benzene rings is 3. The summed E-state index contributed by atoms with van der Waals surface area (Å²) in [5.74, 6) is -1.37. The van der Waals surface area contributed by atoms with Crippen molar-refractivity contribution in [3.8, 4) is 6.07 Å². The molecule has 0 aromatic heterocycles. The number of hydrogen-bond acceptors (Lipinski definition) is 4. The van der Waals surface area contributed by atoms with Gasteiger partial charge in [-0.05, 0) is 67.4 Å². The van der Waals surface area contributed by atoms with Crippen molar-refractivity contribution < 1.29 is 14.0 Å². The number of nitrogens with one attached hydrogen (secondary N) is 1. The van der Waals surface area contributed by atoms with Crippen molar-refractivity contribution >= 4 is 46.6 Å². The van der Waals surface area contributed by atoms with Crippen molar-refractivity contribution in [2.45, 2.75) is 18.6 Å². The Morgan fingerprint density at radius 2 is 1.74 bits per heavy atom. The zero-order valence-electron chi connectivity index (χ0n) is 18.1. The zero-order chi connectivity index (χ0) is 24.2. The number of nitrogens with zero attached hydrogens (tertiary/aromatic N) is 2. The van der Waals surface area contributed by atoms with Crippen LogP contribution in [0.25, 0.3) is 0 Å². The van der Waals surface area contributed by atoms with Gasteiger partial charge in [-0.1, -0.05) is 53.2 Å².